The Bertz CT molecular complexity index is 478. The molecule has 1 amide bonds. The summed E-state index contributed by atoms with van der Waals surface area (Å²) in [5.74, 6) is 0.629. The van der Waals surface area contributed by atoms with Gasteiger partial charge in [-0.15, -0.1) is 0 Å². The van der Waals surface area contributed by atoms with Crippen LogP contribution in [0.1, 0.15) is 26.7 Å². The Balaban J connectivity index is 1.88. The van der Waals surface area contributed by atoms with Crippen LogP contribution >= 0.6 is 0 Å². The molecule has 0 atom stereocenters. The minimum Gasteiger partial charge on any atom is -0.476 e. The number of hydrogen-bond donors (Lipinski definition) is 2. The summed E-state index contributed by atoms with van der Waals surface area (Å²) in [6, 6.07) is 6.43. The van der Waals surface area contributed by atoms with Crippen LogP contribution in [0.2, 0.25) is 0 Å². The zero-order chi connectivity index (χ0) is 12.0. The van der Waals surface area contributed by atoms with Crippen molar-refractivity contribution in [2.45, 2.75) is 38.3 Å². The van der Waals surface area contributed by atoms with Crippen molar-refractivity contribution < 1.29 is 9.53 Å². The van der Waals surface area contributed by atoms with E-state index in [1.165, 1.54) is 12.8 Å². The molecule has 0 radical (unpaired) electrons. The minimum atomic E-state index is -0.793. The summed E-state index contributed by atoms with van der Waals surface area (Å²) in [5, 5.41) is 6.27. The van der Waals surface area contributed by atoms with E-state index in [2.05, 4.69) is 10.6 Å². The van der Waals surface area contributed by atoms with Crippen LogP contribution in [0, 0.1) is 0 Å². The Morgan fingerprint density at radius 3 is 2.88 bits per heavy atom. The van der Waals surface area contributed by atoms with Gasteiger partial charge in [0.25, 0.3) is 5.91 Å². The second kappa shape index (κ2) is 3.39. The molecule has 2 aliphatic rings. The molecule has 17 heavy (non-hydrogen) atoms. The van der Waals surface area contributed by atoms with Crippen molar-refractivity contribution in [3.05, 3.63) is 18.2 Å². The fourth-order valence-corrected chi connectivity index (χ4v) is 1.86. The van der Waals surface area contributed by atoms with Gasteiger partial charge in [-0.25, -0.2) is 0 Å². The highest BCUT2D eigenvalue weighted by Crippen LogP contribution is 2.36. The van der Waals surface area contributed by atoms with E-state index in [0.717, 1.165) is 17.1 Å². The number of fused-ring (bicyclic) bond motifs is 1. The molecule has 0 spiro atoms. The zero-order valence-corrected chi connectivity index (χ0v) is 10.0. The molecular formula is C13H16N2O2. The van der Waals surface area contributed by atoms with Crippen LogP contribution in [0.3, 0.4) is 0 Å². The maximum atomic E-state index is 11.8. The first-order chi connectivity index (χ1) is 8.04. The molecule has 1 heterocycles. The van der Waals surface area contributed by atoms with Crippen LogP contribution < -0.4 is 15.4 Å². The highest BCUT2D eigenvalue weighted by atomic mass is 16.5. The van der Waals surface area contributed by atoms with Crippen LogP contribution in [-0.2, 0) is 4.79 Å². The maximum absolute atomic E-state index is 11.8. The summed E-state index contributed by atoms with van der Waals surface area (Å²) in [6.45, 7) is 3.53. The van der Waals surface area contributed by atoms with E-state index in [-0.39, 0.29) is 5.91 Å². The number of ether oxygens (including phenoxy) is 1. The molecule has 0 aromatic heterocycles. The molecule has 4 heteroatoms. The van der Waals surface area contributed by atoms with Gasteiger partial charge < -0.3 is 15.4 Å². The average Bonchev–Trinajstić information content (AvgIpc) is 3.04. The van der Waals surface area contributed by atoms with Crippen LogP contribution in [-0.4, -0.2) is 17.6 Å². The second-order valence-corrected chi connectivity index (χ2v) is 5.20. The lowest BCUT2D eigenvalue weighted by atomic mass is 10.1. The van der Waals surface area contributed by atoms with Gasteiger partial charge in [-0.2, -0.15) is 0 Å². The van der Waals surface area contributed by atoms with E-state index in [1.54, 1.807) is 13.8 Å². The van der Waals surface area contributed by atoms with Crippen LogP contribution in [0.5, 0.6) is 5.75 Å². The quantitative estimate of drug-likeness (QED) is 0.823. The van der Waals surface area contributed by atoms with Gasteiger partial charge in [-0.05, 0) is 44.9 Å². The van der Waals surface area contributed by atoms with Gasteiger partial charge in [0.1, 0.15) is 5.75 Å². The summed E-state index contributed by atoms with van der Waals surface area (Å²) in [6.07, 6.45) is 2.46. The highest BCUT2D eigenvalue weighted by Gasteiger charge is 2.35. The number of carbonyl (C=O) groups is 1. The summed E-state index contributed by atoms with van der Waals surface area (Å²) >= 11 is 0. The molecule has 1 aromatic carbocycles. The molecule has 1 fully saturated rings. The lowest BCUT2D eigenvalue weighted by Crippen LogP contribution is -2.45. The maximum Gasteiger partial charge on any atom is 0.268 e. The number of anilines is 2. The first kappa shape index (κ1) is 10.4. The number of hydrogen-bond acceptors (Lipinski definition) is 3. The molecule has 90 valence electrons. The standard InChI is InChI=1S/C13H16N2O2/c1-13(2)12(16)15-10-7-9(14-8-3-4-8)5-6-11(10)17-13/h5-8,14H,3-4H2,1-2H3,(H,15,16). The van der Waals surface area contributed by atoms with Crippen molar-refractivity contribution in [1.82, 2.24) is 0 Å². The second-order valence-electron chi connectivity index (χ2n) is 5.20. The lowest BCUT2D eigenvalue weighted by molar-refractivity contribution is -0.129. The van der Waals surface area contributed by atoms with Crippen LogP contribution in [0.25, 0.3) is 0 Å². The first-order valence-corrected chi connectivity index (χ1v) is 5.96. The van der Waals surface area contributed by atoms with Crippen LogP contribution in [0.4, 0.5) is 11.4 Å². The largest absolute Gasteiger partial charge is 0.476 e. The topological polar surface area (TPSA) is 50.4 Å². The van der Waals surface area contributed by atoms with Crippen molar-refractivity contribution in [3.63, 3.8) is 0 Å². The SMILES string of the molecule is CC1(C)Oc2ccc(NC3CC3)cc2NC1=O. The fourth-order valence-electron chi connectivity index (χ4n) is 1.86. The Morgan fingerprint density at radius 1 is 1.41 bits per heavy atom. The normalized spacial score (nSPS) is 21.2. The molecule has 0 unspecified atom stereocenters. The molecule has 1 aliphatic heterocycles. The number of benzene rings is 1. The lowest BCUT2D eigenvalue weighted by Gasteiger charge is -2.31. The van der Waals surface area contributed by atoms with Crippen molar-refractivity contribution in [1.29, 1.82) is 0 Å². The molecule has 3 rings (SSSR count). The van der Waals surface area contributed by atoms with Crippen molar-refractivity contribution >= 4 is 17.3 Å². The van der Waals surface area contributed by atoms with Gasteiger partial charge in [0, 0.05) is 11.7 Å². The Kier molecular flexibility index (Phi) is 2.08. The van der Waals surface area contributed by atoms with Gasteiger partial charge >= 0.3 is 0 Å². The van der Waals surface area contributed by atoms with Crippen LogP contribution in [0.15, 0.2) is 18.2 Å². The molecule has 1 saturated carbocycles. The van der Waals surface area contributed by atoms with E-state index >= 15 is 0 Å². The first-order valence-electron chi connectivity index (χ1n) is 5.96. The summed E-state index contributed by atoms with van der Waals surface area (Å²) in [4.78, 5) is 11.8. The Morgan fingerprint density at radius 2 is 2.18 bits per heavy atom. The Hall–Kier alpha value is -1.71. The van der Waals surface area contributed by atoms with Crippen molar-refractivity contribution in [2.75, 3.05) is 10.6 Å². The minimum absolute atomic E-state index is 0.103. The van der Waals surface area contributed by atoms with Gasteiger partial charge in [0.2, 0.25) is 0 Å². The molecule has 2 N–H and O–H groups in total. The molecule has 0 saturated heterocycles. The predicted octanol–water partition coefficient (Wildman–Crippen LogP) is 2.37. The number of nitrogens with one attached hydrogen (secondary N) is 2. The van der Waals surface area contributed by atoms with E-state index in [4.69, 9.17) is 4.74 Å². The average molecular weight is 232 g/mol. The number of rotatable bonds is 2. The van der Waals surface area contributed by atoms with Gasteiger partial charge in [0.05, 0.1) is 5.69 Å². The van der Waals surface area contributed by atoms with E-state index in [9.17, 15) is 4.79 Å². The molecule has 1 aliphatic carbocycles. The van der Waals surface area contributed by atoms with Crippen molar-refractivity contribution in [3.8, 4) is 5.75 Å². The third-order valence-electron chi connectivity index (χ3n) is 3.09. The van der Waals surface area contributed by atoms with Gasteiger partial charge in [0.15, 0.2) is 5.60 Å². The molecule has 4 nitrogen and oxygen atoms in total. The monoisotopic (exact) mass is 232 g/mol. The number of carbonyl (C=O) groups excluding carboxylic acids is 1. The smallest absolute Gasteiger partial charge is 0.268 e. The van der Waals surface area contributed by atoms with E-state index in [1.807, 2.05) is 18.2 Å². The molecule has 0 bridgehead atoms. The zero-order valence-electron chi connectivity index (χ0n) is 10.0. The number of amides is 1. The predicted molar refractivity (Wildman–Crippen MR) is 66.4 cm³/mol. The van der Waals surface area contributed by atoms with Gasteiger partial charge in [-0.1, -0.05) is 0 Å². The fraction of sp³-hybridized carbons (Fsp3) is 0.462. The summed E-state index contributed by atoms with van der Waals surface area (Å²) < 4.78 is 5.67. The summed E-state index contributed by atoms with van der Waals surface area (Å²) in [7, 11) is 0. The highest BCUT2D eigenvalue weighted by molar-refractivity contribution is 6.00. The Labute approximate surface area is 100 Å². The third kappa shape index (κ3) is 1.95. The van der Waals surface area contributed by atoms with E-state index < -0.39 is 5.60 Å². The molecular weight excluding hydrogens is 216 g/mol. The van der Waals surface area contributed by atoms with E-state index in [0.29, 0.717) is 6.04 Å². The van der Waals surface area contributed by atoms with Gasteiger partial charge in [-0.3, -0.25) is 4.79 Å². The summed E-state index contributed by atoms with van der Waals surface area (Å²) in [5.41, 5.74) is 0.994. The van der Waals surface area contributed by atoms with Crippen molar-refractivity contribution in [2.24, 2.45) is 0 Å². The third-order valence-corrected chi connectivity index (χ3v) is 3.09. The molecule has 1 aromatic rings.